The monoisotopic (exact) mass is 233 g/mol. The average Bonchev–Trinajstić information content (AvgIpc) is 2.78. The number of methoxy groups -OCH3 is 1. The maximum atomic E-state index is 12.2. The largest absolute Gasteiger partial charge is 0.470 e. The molecule has 0 N–H and O–H groups in total. The zero-order valence-electron chi connectivity index (χ0n) is 9.81. The molecule has 0 saturated carbocycles. The molecule has 1 amide bonds. The molecule has 0 aromatic heterocycles. The van der Waals surface area contributed by atoms with Crippen LogP contribution in [0, 0.1) is 0 Å². The minimum atomic E-state index is -0.0622. The first-order valence-corrected chi connectivity index (χ1v) is 5.89. The summed E-state index contributed by atoms with van der Waals surface area (Å²) in [4.78, 5) is 14.0. The molecule has 4 nitrogen and oxygen atoms in total. The molecule has 0 aliphatic carbocycles. The molecule has 1 aromatic carbocycles. The maximum absolute atomic E-state index is 12.2. The van der Waals surface area contributed by atoms with Crippen LogP contribution in [0.25, 0.3) is 0 Å². The third-order valence-corrected chi connectivity index (χ3v) is 3.31. The molecular formula is C13H15NO3. The standard InChI is InChI=1S/C13H15NO3/c1-16-8-9-4-5-10-11(7-9)17-12-3-2-6-14(12)13(10)15/h4-5,7,12H,2-3,6,8H2,1H3/t12-/m1/s1. The number of nitrogens with zero attached hydrogens (tertiary/aromatic N) is 1. The van der Waals surface area contributed by atoms with Crippen molar-refractivity contribution in [2.24, 2.45) is 0 Å². The summed E-state index contributed by atoms with van der Waals surface area (Å²) in [6.07, 6.45) is 1.89. The lowest BCUT2D eigenvalue weighted by Gasteiger charge is -2.31. The third-order valence-electron chi connectivity index (χ3n) is 3.31. The van der Waals surface area contributed by atoms with Gasteiger partial charge in [0.15, 0.2) is 6.23 Å². The van der Waals surface area contributed by atoms with Crippen LogP contribution in [0.1, 0.15) is 28.8 Å². The summed E-state index contributed by atoms with van der Waals surface area (Å²) in [5.74, 6) is 0.797. The zero-order valence-corrected chi connectivity index (χ0v) is 9.81. The van der Waals surface area contributed by atoms with Gasteiger partial charge in [-0.1, -0.05) is 6.07 Å². The normalized spacial score (nSPS) is 22.1. The van der Waals surface area contributed by atoms with E-state index >= 15 is 0 Å². The number of fused-ring (bicyclic) bond motifs is 2. The van der Waals surface area contributed by atoms with Crippen molar-refractivity contribution >= 4 is 5.91 Å². The van der Waals surface area contributed by atoms with Crippen molar-refractivity contribution in [1.29, 1.82) is 0 Å². The van der Waals surface area contributed by atoms with E-state index in [4.69, 9.17) is 9.47 Å². The first kappa shape index (κ1) is 10.6. The molecule has 2 heterocycles. The van der Waals surface area contributed by atoms with Gasteiger partial charge in [-0.05, 0) is 24.1 Å². The summed E-state index contributed by atoms with van der Waals surface area (Å²) in [5, 5.41) is 0. The maximum Gasteiger partial charge on any atom is 0.260 e. The number of carbonyl (C=O) groups is 1. The summed E-state index contributed by atoms with van der Waals surface area (Å²) >= 11 is 0. The second kappa shape index (κ2) is 4.04. The van der Waals surface area contributed by atoms with Gasteiger partial charge in [-0.15, -0.1) is 0 Å². The Hall–Kier alpha value is -1.55. The van der Waals surface area contributed by atoms with Gasteiger partial charge < -0.3 is 14.4 Å². The molecule has 1 saturated heterocycles. The van der Waals surface area contributed by atoms with Gasteiger partial charge >= 0.3 is 0 Å². The van der Waals surface area contributed by atoms with Gasteiger partial charge in [0.2, 0.25) is 0 Å². The van der Waals surface area contributed by atoms with Crippen LogP contribution in [0.15, 0.2) is 18.2 Å². The number of ether oxygens (including phenoxy) is 2. The van der Waals surface area contributed by atoms with E-state index in [-0.39, 0.29) is 12.1 Å². The van der Waals surface area contributed by atoms with E-state index in [0.717, 1.165) is 24.9 Å². The van der Waals surface area contributed by atoms with Crippen molar-refractivity contribution in [1.82, 2.24) is 4.90 Å². The van der Waals surface area contributed by atoms with Gasteiger partial charge in [-0.3, -0.25) is 4.79 Å². The van der Waals surface area contributed by atoms with Crippen LogP contribution >= 0.6 is 0 Å². The van der Waals surface area contributed by atoms with E-state index in [2.05, 4.69) is 0 Å². The molecule has 3 rings (SSSR count). The van der Waals surface area contributed by atoms with Gasteiger partial charge in [0.25, 0.3) is 5.91 Å². The van der Waals surface area contributed by atoms with E-state index in [9.17, 15) is 4.79 Å². The van der Waals surface area contributed by atoms with E-state index in [0.29, 0.717) is 17.9 Å². The average molecular weight is 233 g/mol. The Labute approximate surface area is 100 Å². The lowest BCUT2D eigenvalue weighted by atomic mass is 10.1. The molecule has 0 radical (unpaired) electrons. The Balaban J connectivity index is 1.96. The minimum absolute atomic E-state index is 0.0622. The Kier molecular flexibility index (Phi) is 2.52. The highest BCUT2D eigenvalue weighted by molar-refractivity contribution is 5.98. The predicted octanol–water partition coefficient (Wildman–Crippen LogP) is 1.79. The fraction of sp³-hybridized carbons (Fsp3) is 0.462. The smallest absolute Gasteiger partial charge is 0.260 e. The molecule has 2 aliphatic rings. The van der Waals surface area contributed by atoms with Gasteiger partial charge in [-0.2, -0.15) is 0 Å². The number of hydrogen-bond donors (Lipinski definition) is 0. The topological polar surface area (TPSA) is 38.8 Å². The Bertz CT molecular complexity index is 458. The molecular weight excluding hydrogens is 218 g/mol. The van der Waals surface area contributed by atoms with E-state index < -0.39 is 0 Å². The fourth-order valence-electron chi connectivity index (χ4n) is 2.49. The molecule has 1 aromatic rings. The highest BCUT2D eigenvalue weighted by Gasteiger charge is 2.36. The van der Waals surface area contributed by atoms with E-state index in [1.807, 2.05) is 23.1 Å². The van der Waals surface area contributed by atoms with Gasteiger partial charge in [-0.25, -0.2) is 0 Å². The second-order valence-corrected chi connectivity index (χ2v) is 4.48. The molecule has 90 valence electrons. The summed E-state index contributed by atoms with van der Waals surface area (Å²) < 4.78 is 10.9. The van der Waals surface area contributed by atoms with Crippen molar-refractivity contribution < 1.29 is 14.3 Å². The van der Waals surface area contributed by atoms with E-state index in [1.54, 1.807) is 7.11 Å². The minimum Gasteiger partial charge on any atom is -0.470 e. The van der Waals surface area contributed by atoms with Crippen molar-refractivity contribution in [3.63, 3.8) is 0 Å². The number of carbonyl (C=O) groups excluding carboxylic acids is 1. The van der Waals surface area contributed by atoms with Crippen LogP contribution in [0.2, 0.25) is 0 Å². The Morgan fingerprint density at radius 2 is 2.41 bits per heavy atom. The molecule has 0 bridgehead atoms. The molecule has 17 heavy (non-hydrogen) atoms. The summed E-state index contributed by atoms with van der Waals surface area (Å²) in [5.41, 5.74) is 1.70. The lowest BCUT2D eigenvalue weighted by Crippen LogP contribution is -2.42. The van der Waals surface area contributed by atoms with Crippen molar-refractivity contribution in [2.45, 2.75) is 25.7 Å². The lowest BCUT2D eigenvalue weighted by molar-refractivity contribution is 0.0293. The highest BCUT2D eigenvalue weighted by Crippen LogP contribution is 2.33. The van der Waals surface area contributed by atoms with Gasteiger partial charge in [0.1, 0.15) is 5.75 Å². The van der Waals surface area contributed by atoms with Crippen LogP contribution in [-0.2, 0) is 11.3 Å². The number of benzene rings is 1. The highest BCUT2D eigenvalue weighted by atomic mass is 16.5. The van der Waals surface area contributed by atoms with Crippen LogP contribution in [0.5, 0.6) is 5.75 Å². The third kappa shape index (κ3) is 1.69. The SMILES string of the molecule is COCc1ccc2c(c1)O[C@@H]1CCCN1C2=O. The molecule has 4 heteroatoms. The molecule has 1 atom stereocenters. The number of hydrogen-bond acceptors (Lipinski definition) is 3. The molecule has 0 spiro atoms. The Morgan fingerprint density at radius 3 is 3.24 bits per heavy atom. The van der Waals surface area contributed by atoms with Crippen molar-refractivity contribution in [2.75, 3.05) is 13.7 Å². The fourth-order valence-corrected chi connectivity index (χ4v) is 2.49. The zero-order chi connectivity index (χ0) is 11.8. The molecule has 0 unspecified atom stereocenters. The number of rotatable bonds is 2. The quantitative estimate of drug-likeness (QED) is 0.781. The van der Waals surface area contributed by atoms with E-state index in [1.165, 1.54) is 0 Å². The summed E-state index contributed by atoms with van der Waals surface area (Å²) in [7, 11) is 1.66. The summed E-state index contributed by atoms with van der Waals surface area (Å²) in [6, 6.07) is 5.66. The second-order valence-electron chi connectivity index (χ2n) is 4.48. The summed E-state index contributed by atoms with van der Waals surface area (Å²) in [6.45, 7) is 1.35. The van der Waals surface area contributed by atoms with Crippen LogP contribution in [0.4, 0.5) is 0 Å². The predicted molar refractivity (Wildman–Crippen MR) is 61.8 cm³/mol. The van der Waals surface area contributed by atoms with Crippen molar-refractivity contribution in [3.05, 3.63) is 29.3 Å². The first-order valence-electron chi connectivity index (χ1n) is 5.89. The Morgan fingerprint density at radius 1 is 1.53 bits per heavy atom. The van der Waals surface area contributed by atoms with Crippen LogP contribution in [-0.4, -0.2) is 30.7 Å². The number of amides is 1. The van der Waals surface area contributed by atoms with Crippen molar-refractivity contribution in [3.8, 4) is 5.75 Å². The van der Waals surface area contributed by atoms with Gasteiger partial charge in [0, 0.05) is 20.1 Å². The van der Waals surface area contributed by atoms with Crippen LogP contribution < -0.4 is 4.74 Å². The van der Waals surface area contributed by atoms with Gasteiger partial charge in [0.05, 0.1) is 12.2 Å². The molecule has 2 aliphatic heterocycles. The molecule has 1 fully saturated rings. The van der Waals surface area contributed by atoms with Crippen LogP contribution in [0.3, 0.4) is 0 Å². The first-order chi connectivity index (χ1) is 8.29.